The Kier molecular flexibility index (Phi) is 7.32. The number of carbonyl (C=O) groups is 3. The largest absolute Gasteiger partial charge is 0.333 e. The van der Waals surface area contributed by atoms with Crippen LogP contribution in [0.3, 0.4) is 0 Å². The van der Waals surface area contributed by atoms with Gasteiger partial charge in [-0.25, -0.2) is 4.79 Å². The van der Waals surface area contributed by atoms with E-state index in [9.17, 15) is 14.4 Å². The fourth-order valence-corrected chi connectivity index (χ4v) is 2.64. The smallest absolute Gasteiger partial charge is 0.321 e. The fourth-order valence-electron chi connectivity index (χ4n) is 2.64. The molecule has 0 aliphatic rings. The SMILES string of the molecule is Cc1cc(C)c(NC(=O)CN(C)CC(=O)NC(=O)NC(C)(C)C)c(C)c1. The standard InChI is InChI=1S/C19H30N4O3/c1-12-8-13(2)17(14(3)9-12)20-15(24)10-23(7)11-16(25)21-18(26)22-19(4,5)6/h8-9H,10-11H2,1-7H3,(H,20,24)(H2,21,22,25,26). The van der Waals surface area contributed by atoms with Crippen molar-refractivity contribution in [3.63, 3.8) is 0 Å². The van der Waals surface area contributed by atoms with Gasteiger partial charge in [0, 0.05) is 11.2 Å². The molecular formula is C19H30N4O3. The van der Waals surface area contributed by atoms with Gasteiger partial charge in [-0.3, -0.25) is 19.8 Å². The Morgan fingerprint density at radius 1 is 0.962 bits per heavy atom. The van der Waals surface area contributed by atoms with E-state index >= 15 is 0 Å². The Morgan fingerprint density at radius 2 is 1.46 bits per heavy atom. The van der Waals surface area contributed by atoms with Crippen molar-refractivity contribution in [2.45, 2.75) is 47.1 Å². The molecule has 0 saturated heterocycles. The normalized spacial score (nSPS) is 11.2. The number of likely N-dealkylation sites (N-methyl/N-ethyl adjacent to an activating group) is 1. The monoisotopic (exact) mass is 362 g/mol. The summed E-state index contributed by atoms with van der Waals surface area (Å²) in [7, 11) is 1.65. The average Bonchev–Trinajstić information content (AvgIpc) is 2.39. The van der Waals surface area contributed by atoms with Crippen molar-refractivity contribution in [2.24, 2.45) is 0 Å². The zero-order valence-corrected chi connectivity index (χ0v) is 16.7. The Bertz CT molecular complexity index is 670. The summed E-state index contributed by atoms with van der Waals surface area (Å²) in [5.74, 6) is -0.681. The van der Waals surface area contributed by atoms with Crippen LogP contribution in [0.25, 0.3) is 0 Å². The first-order valence-corrected chi connectivity index (χ1v) is 8.55. The van der Waals surface area contributed by atoms with Gasteiger partial charge < -0.3 is 10.6 Å². The zero-order valence-electron chi connectivity index (χ0n) is 16.7. The Morgan fingerprint density at radius 3 is 1.96 bits per heavy atom. The number of hydrogen-bond acceptors (Lipinski definition) is 4. The molecule has 0 radical (unpaired) electrons. The van der Waals surface area contributed by atoms with Crippen molar-refractivity contribution in [2.75, 3.05) is 25.5 Å². The van der Waals surface area contributed by atoms with Crippen LogP contribution in [0, 0.1) is 20.8 Å². The van der Waals surface area contributed by atoms with Gasteiger partial charge in [0.2, 0.25) is 11.8 Å². The van der Waals surface area contributed by atoms with Crippen LogP contribution in [-0.4, -0.2) is 48.4 Å². The summed E-state index contributed by atoms with van der Waals surface area (Å²) in [5, 5.41) is 7.79. The molecule has 0 atom stereocenters. The fraction of sp³-hybridized carbons (Fsp3) is 0.526. The number of rotatable bonds is 5. The van der Waals surface area contributed by atoms with Crippen molar-refractivity contribution >= 4 is 23.5 Å². The van der Waals surface area contributed by atoms with Crippen molar-refractivity contribution in [1.82, 2.24) is 15.5 Å². The molecule has 26 heavy (non-hydrogen) atoms. The molecule has 7 heteroatoms. The van der Waals surface area contributed by atoms with Crippen LogP contribution < -0.4 is 16.0 Å². The van der Waals surface area contributed by atoms with Gasteiger partial charge in [-0.2, -0.15) is 0 Å². The second-order valence-corrected chi connectivity index (χ2v) is 7.75. The van der Waals surface area contributed by atoms with Crippen LogP contribution in [-0.2, 0) is 9.59 Å². The van der Waals surface area contributed by atoms with Gasteiger partial charge in [-0.15, -0.1) is 0 Å². The van der Waals surface area contributed by atoms with Gasteiger partial charge in [-0.05, 0) is 59.7 Å². The van der Waals surface area contributed by atoms with Crippen molar-refractivity contribution < 1.29 is 14.4 Å². The van der Waals surface area contributed by atoms with Gasteiger partial charge in [0.25, 0.3) is 0 Å². The maximum absolute atomic E-state index is 12.2. The molecule has 0 spiro atoms. The van der Waals surface area contributed by atoms with E-state index in [1.54, 1.807) is 11.9 Å². The van der Waals surface area contributed by atoms with E-state index in [0.29, 0.717) is 0 Å². The molecule has 1 aromatic carbocycles. The first kappa shape index (κ1) is 21.6. The van der Waals surface area contributed by atoms with E-state index in [4.69, 9.17) is 0 Å². The summed E-state index contributed by atoms with van der Waals surface area (Å²) in [6.07, 6.45) is 0. The molecule has 1 aromatic rings. The van der Waals surface area contributed by atoms with E-state index in [1.807, 2.05) is 53.7 Å². The molecule has 0 saturated carbocycles. The van der Waals surface area contributed by atoms with Gasteiger partial charge >= 0.3 is 6.03 Å². The van der Waals surface area contributed by atoms with Crippen LogP contribution in [0.1, 0.15) is 37.5 Å². The number of anilines is 1. The molecule has 1 rings (SSSR count). The summed E-state index contributed by atoms with van der Waals surface area (Å²) >= 11 is 0. The minimum absolute atomic E-state index is 0.0427. The van der Waals surface area contributed by atoms with Crippen LogP contribution >= 0.6 is 0 Å². The maximum Gasteiger partial charge on any atom is 0.321 e. The lowest BCUT2D eigenvalue weighted by Crippen LogP contribution is -2.50. The summed E-state index contributed by atoms with van der Waals surface area (Å²) in [5.41, 5.74) is 3.49. The highest BCUT2D eigenvalue weighted by molar-refractivity contribution is 5.96. The van der Waals surface area contributed by atoms with Gasteiger partial charge in [0.1, 0.15) is 0 Å². The van der Waals surface area contributed by atoms with Crippen molar-refractivity contribution in [3.05, 3.63) is 28.8 Å². The van der Waals surface area contributed by atoms with Crippen LogP contribution in [0.4, 0.5) is 10.5 Å². The summed E-state index contributed by atoms with van der Waals surface area (Å²) < 4.78 is 0. The van der Waals surface area contributed by atoms with Crippen molar-refractivity contribution in [3.8, 4) is 0 Å². The summed E-state index contributed by atoms with van der Waals surface area (Å²) in [4.78, 5) is 37.4. The number of hydrogen-bond donors (Lipinski definition) is 3. The van der Waals surface area contributed by atoms with Gasteiger partial charge in [0.05, 0.1) is 13.1 Å². The minimum Gasteiger partial charge on any atom is -0.333 e. The maximum atomic E-state index is 12.2. The van der Waals surface area contributed by atoms with E-state index in [2.05, 4.69) is 16.0 Å². The average molecular weight is 362 g/mol. The van der Waals surface area contributed by atoms with Crippen LogP contribution in [0.2, 0.25) is 0 Å². The molecule has 144 valence electrons. The lowest BCUT2D eigenvalue weighted by molar-refractivity contribution is -0.122. The number of nitrogens with one attached hydrogen (secondary N) is 3. The molecule has 0 aliphatic heterocycles. The Hall–Kier alpha value is -2.41. The number of aryl methyl sites for hydroxylation is 3. The first-order chi connectivity index (χ1) is 11.9. The molecule has 4 amide bonds. The molecule has 0 unspecified atom stereocenters. The van der Waals surface area contributed by atoms with E-state index in [1.165, 1.54) is 0 Å². The lowest BCUT2D eigenvalue weighted by Gasteiger charge is -2.21. The first-order valence-electron chi connectivity index (χ1n) is 8.55. The number of amides is 4. The van der Waals surface area contributed by atoms with E-state index in [-0.39, 0.29) is 19.0 Å². The van der Waals surface area contributed by atoms with E-state index < -0.39 is 17.5 Å². The minimum atomic E-state index is -0.550. The highest BCUT2D eigenvalue weighted by atomic mass is 16.2. The molecule has 0 aromatic heterocycles. The van der Waals surface area contributed by atoms with Gasteiger partial charge in [0.15, 0.2) is 0 Å². The predicted octanol–water partition coefficient (Wildman–Crippen LogP) is 2.11. The molecule has 0 bridgehead atoms. The number of urea groups is 1. The quantitative estimate of drug-likeness (QED) is 0.748. The highest BCUT2D eigenvalue weighted by Crippen LogP contribution is 2.21. The number of carbonyl (C=O) groups excluding carboxylic acids is 3. The Balaban J connectivity index is 2.52. The number of nitrogens with zero attached hydrogens (tertiary/aromatic N) is 1. The summed E-state index contributed by atoms with van der Waals surface area (Å²) in [6.45, 7) is 11.3. The molecule has 7 nitrogen and oxygen atoms in total. The van der Waals surface area contributed by atoms with Crippen molar-refractivity contribution in [1.29, 1.82) is 0 Å². The molecule has 0 heterocycles. The topological polar surface area (TPSA) is 90.5 Å². The van der Waals surface area contributed by atoms with Gasteiger partial charge in [-0.1, -0.05) is 17.7 Å². The lowest BCUT2D eigenvalue weighted by atomic mass is 10.1. The molecule has 0 fully saturated rings. The second kappa shape index (κ2) is 8.80. The predicted molar refractivity (Wildman–Crippen MR) is 103 cm³/mol. The molecule has 0 aliphatic carbocycles. The Labute approximate surface area is 155 Å². The third kappa shape index (κ3) is 7.65. The molecular weight excluding hydrogens is 332 g/mol. The third-order valence-corrected chi connectivity index (χ3v) is 3.51. The number of benzene rings is 1. The van der Waals surface area contributed by atoms with Crippen LogP contribution in [0.15, 0.2) is 12.1 Å². The molecule has 3 N–H and O–H groups in total. The van der Waals surface area contributed by atoms with Crippen LogP contribution in [0.5, 0.6) is 0 Å². The van der Waals surface area contributed by atoms with E-state index in [0.717, 1.165) is 22.4 Å². The third-order valence-electron chi connectivity index (χ3n) is 3.51. The summed E-state index contributed by atoms with van der Waals surface area (Å²) in [6, 6.07) is 3.47. The number of imide groups is 1. The second-order valence-electron chi connectivity index (χ2n) is 7.75. The highest BCUT2D eigenvalue weighted by Gasteiger charge is 2.17. The zero-order chi connectivity index (χ0) is 20.1.